The lowest BCUT2D eigenvalue weighted by molar-refractivity contribution is -0.165. The summed E-state index contributed by atoms with van der Waals surface area (Å²) in [7, 11) is 0. The van der Waals surface area contributed by atoms with E-state index in [0.717, 1.165) is 25.7 Å². The van der Waals surface area contributed by atoms with Crippen LogP contribution in [-0.2, 0) is 4.74 Å². The molecule has 0 aliphatic rings. The molecule has 0 rings (SSSR count). The molecule has 0 aliphatic heterocycles. The van der Waals surface area contributed by atoms with Gasteiger partial charge in [0.05, 0.1) is 11.2 Å². The molecule has 2 unspecified atom stereocenters. The zero-order valence-electron chi connectivity index (χ0n) is 21.4. The van der Waals surface area contributed by atoms with Crippen LogP contribution in [0.25, 0.3) is 0 Å². The maximum absolute atomic E-state index is 7.40. The first kappa shape index (κ1) is 28.4. The van der Waals surface area contributed by atoms with E-state index in [0.29, 0.717) is 11.8 Å². The molecule has 1 nitrogen and oxygen atoms in total. The first-order chi connectivity index (χ1) is 14.0. The minimum Gasteiger partial charge on any atom is -0.360 e. The van der Waals surface area contributed by atoms with E-state index in [4.69, 9.17) is 4.74 Å². The molecule has 0 amide bonds. The normalized spacial score (nSPS) is 16.9. The monoisotopic (exact) mass is 406 g/mol. The van der Waals surface area contributed by atoms with Crippen LogP contribution in [0.5, 0.6) is 0 Å². The molecule has 0 spiro atoms. The molecule has 0 heterocycles. The number of hydrogen-bond donors (Lipinski definition) is 0. The van der Waals surface area contributed by atoms with Crippen LogP contribution < -0.4 is 0 Å². The molecule has 29 heavy (non-hydrogen) atoms. The van der Waals surface area contributed by atoms with E-state index in [2.05, 4.69) is 79.7 Å². The van der Waals surface area contributed by atoms with E-state index in [1.807, 2.05) is 0 Å². The molecule has 0 aliphatic carbocycles. The Morgan fingerprint density at radius 2 is 0.931 bits per heavy atom. The minimum absolute atomic E-state index is 0.162. The molecule has 1 heteroatoms. The second kappa shape index (κ2) is 16.2. The molecule has 0 aromatic carbocycles. The highest BCUT2D eigenvalue weighted by Crippen LogP contribution is 2.43. The third-order valence-electron chi connectivity index (χ3n) is 7.09. The molecule has 0 bridgehead atoms. The Bertz CT molecular complexity index is 390. The van der Waals surface area contributed by atoms with Crippen LogP contribution in [0.1, 0.15) is 132 Å². The highest BCUT2D eigenvalue weighted by Gasteiger charge is 2.44. The third kappa shape index (κ3) is 8.60. The maximum Gasteiger partial charge on any atom is 0.0899 e. The summed E-state index contributed by atoms with van der Waals surface area (Å²) in [6.45, 7) is 18.6. The van der Waals surface area contributed by atoms with Gasteiger partial charge in [-0.25, -0.2) is 0 Å². The van der Waals surface area contributed by atoms with Crippen molar-refractivity contribution in [3.63, 3.8) is 0 Å². The van der Waals surface area contributed by atoms with Gasteiger partial charge in [-0.3, -0.25) is 0 Å². The van der Waals surface area contributed by atoms with Crippen LogP contribution in [-0.4, -0.2) is 11.2 Å². The average molecular weight is 407 g/mol. The van der Waals surface area contributed by atoms with Gasteiger partial charge in [0.1, 0.15) is 0 Å². The van der Waals surface area contributed by atoms with Crippen molar-refractivity contribution in [3.8, 4) is 0 Å². The van der Waals surface area contributed by atoms with Crippen LogP contribution in [0, 0.1) is 11.8 Å². The van der Waals surface area contributed by atoms with Gasteiger partial charge < -0.3 is 4.74 Å². The van der Waals surface area contributed by atoms with Crippen molar-refractivity contribution >= 4 is 0 Å². The molecule has 0 fully saturated rings. The van der Waals surface area contributed by atoms with Crippen molar-refractivity contribution in [2.75, 3.05) is 0 Å². The number of allylic oxidation sites excluding steroid dienone is 2. The number of unbranched alkanes of at least 4 members (excludes halogenated alkanes) is 4. The van der Waals surface area contributed by atoms with E-state index in [1.54, 1.807) is 0 Å². The lowest BCUT2D eigenvalue weighted by Crippen LogP contribution is -2.50. The Morgan fingerprint density at radius 3 is 1.17 bits per heavy atom. The summed E-state index contributed by atoms with van der Waals surface area (Å²) in [6, 6.07) is 0. The fourth-order valence-corrected chi connectivity index (χ4v) is 4.99. The van der Waals surface area contributed by atoms with E-state index in [-0.39, 0.29) is 11.2 Å². The van der Waals surface area contributed by atoms with Crippen molar-refractivity contribution < 1.29 is 4.74 Å². The topological polar surface area (TPSA) is 9.23 Å². The van der Waals surface area contributed by atoms with Crippen LogP contribution in [0.4, 0.5) is 0 Å². The minimum atomic E-state index is -0.162. The van der Waals surface area contributed by atoms with Gasteiger partial charge in [0.2, 0.25) is 0 Å². The second-order valence-corrected chi connectivity index (χ2v) is 8.84. The summed E-state index contributed by atoms with van der Waals surface area (Å²) in [6.07, 6.45) is 23.9. The molecule has 0 radical (unpaired) electrons. The summed E-state index contributed by atoms with van der Waals surface area (Å²) >= 11 is 0. The molecular weight excluding hydrogens is 352 g/mol. The summed E-state index contributed by atoms with van der Waals surface area (Å²) in [5, 5.41) is 0. The number of rotatable bonds is 18. The fraction of sp³-hybridized carbons (Fsp3) is 0.857. The van der Waals surface area contributed by atoms with Gasteiger partial charge in [0.15, 0.2) is 0 Å². The van der Waals surface area contributed by atoms with Gasteiger partial charge in [0.25, 0.3) is 0 Å². The lowest BCUT2D eigenvalue weighted by atomic mass is 9.76. The predicted molar refractivity (Wildman–Crippen MR) is 133 cm³/mol. The summed E-state index contributed by atoms with van der Waals surface area (Å²) in [5.41, 5.74) is -0.324. The van der Waals surface area contributed by atoms with Crippen molar-refractivity contribution in [1.82, 2.24) is 0 Å². The quantitative estimate of drug-likeness (QED) is 0.162. The van der Waals surface area contributed by atoms with Gasteiger partial charge in [-0.05, 0) is 37.5 Å². The van der Waals surface area contributed by atoms with E-state index >= 15 is 0 Å². The van der Waals surface area contributed by atoms with E-state index in [1.165, 1.54) is 51.4 Å². The lowest BCUT2D eigenvalue weighted by Gasteiger charge is -2.48. The predicted octanol–water partition coefficient (Wildman–Crippen LogP) is 9.67. The molecule has 0 saturated heterocycles. The molecule has 2 atom stereocenters. The summed E-state index contributed by atoms with van der Waals surface area (Å²) in [5.74, 6) is 1.13. The van der Waals surface area contributed by atoms with Gasteiger partial charge >= 0.3 is 0 Å². The van der Waals surface area contributed by atoms with E-state index in [9.17, 15) is 0 Å². The molecule has 0 aromatic rings. The number of ether oxygens (including phenoxy) is 1. The molecule has 0 N–H and O–H groups in total. The third-order valence-corrected chi connectivity index (χ3v) is 7.09. The highest BCUT2D eigenvalue weighted by molar-refractivity contribution is 5.12. The van der Waals surface area contributed by atoms with Crippen molar-refractivity contribution in [2.45, 2.75) is 144 Å². The Kier molecular flexibility index (Phi) is 15.9. The Hall–Kier alpha value is -0.560. The van der Waals surface area contributed by atoms with Crippen LogP contribution in [0.15, 0.2) is 24.3 Å². The van der Waals surface area contributed by atoms with Crippen LogP contribution >= 0.6 is 0 Å². The zero-order chi connectivity index (χ0) is 22.2. The fourth-order valence-electron chi connectivity index (χ4n) is 4.99. The summed E-state index contributed by atoms with van der Waals surface area (Å²) in [4.78, 5) is 0. The number of hydrogen-bond acceptors (Lipinski definition) is 1. The van der Waals surface area contributed by atoms with Gasteiger partial charge in [-0.15, -0.1) is 0 Å². The van der Waals surface area contributed by atoms with Crippen molar-refractivity contribution in [2.24, 2.45) is 11.8 Å². The Balaban J connectivity index is 6.16. The summed E-state index contributed by atoms with van der Waals surface area (Å²) < 4.78 is 7.40. The SMILES string of the molecule is CCCCC=CC(CC)(OC(C=CCCCC)(CC)C(CC)CC)C(CC)CC. The van der Waals surface area contributed by atoms with Gasteiger partial charge in [0, 0.05) is 0 Å². The maximum atomic E-state index is 7.40. The largest absolute Gasteiger partial charge is 0.360 e. The first-order valence-electron chi connectivity index (χ1n) is 13.0. The molecule has 0 saturated carbocycles. The van der Waals surface area contributed by atoms with Crippen LogP contribution in [0.2, 0.25) is 0 Å². The average Bonchev–Trinajstić information content (AvgIpc) is 2.75. The Labute approximate surface area is 184 Å². The second-order valence-electron chi connectivity index (χ2n) is 8.84. The molecule has 0 aromatic heterocycles. The first-order valence-corrected chi connectivity index (χ1v) is 13.0. The smallest absolute Gasteiger partial charge is 0.0899 e. The zero-order valence-corrected chi connectivity index (χ0v) is 21.4. The highest BCUT2D eigenvalue weighted by atomic mass is 16.5. The molecule has 172 valence electrons. The molecular formula is C28H54O. The van der Waals surface area contributed by atoms with Gasteiger partial charge in [-0.2, -0.15) is 0 Å². The van der Waals surface area contributed by atoms with Gasteiger partial charge in [-0.1, -0.05) is 131 Å². The van der Waals surface area contributed by atoms with Crippen molar-refractivity contribution in [1.29, 1.82) is 0 Å². The van der Waals surface area contributed by atoms with Crippen molar-refractivity contribution in [3.05, 3.63) is 24.3 Å². The Morgan fingerprint density at radius 1 is 0.586 bits per heavy atom. The van der Waals surface area contributed by atoms with E-state index < -0.39 is 0 Å². The van der Waals surface area contributed by atoms with Crippen LogP contribution in [0.3, 0.4) is 0 Å². The standard InChI is InChI=1S/C28H54O/c1-9-17-19-21-23-27(15-7,25(11-3)12-4)29-28(16-8,26(13-5)14-6)24-22-20-18-10-2/h21-26H,9-20H2,1-8H3.